The van der Waals surface area contributed by atoms with Gasteiger partial charge in [-0.15, -0.1) is 12.6 Å². The van der Waals surface area contributed by atoms with Crippen LogP contribution in [0.3, 0.4) is 0 Å². The van der Waals surface area contributed by atoms with E-state index in [1.807, 2.05) is 39.0 Å². The minimum absolute atomic E-state index is 0.445. The van der Waals surface area contributed by atoms with Gasteiger partial charge in [0.15, 0.2) is 0 Å². The first-order valence-electron chi connectivity index (χ1n) is 7.58. The molecule has 0 aromatic heterocycles. The average Bonchev–Trinajstić information content (AvgIpc) is 2.36. The second kappa shape index (κ2) is 7.35. The number of rotatable bonds is 3. The van der Waals surface area contributed by atoms with Gasteiger partial charge in [-0.25, -0.2) is 4.79 Å². The van der Waals surface area contributed by atoms with E-state index in [-0.39, 0.29) is 0 Å². The number of nitrogens with one attached hydrogen (secondary N) is 2. The molecule has 2 rings (SSSR count). The number of nitrogens with zero attached hydrogens (tertiary/aromatic N) is 1. The maximum atomic E-state index is 11.9. The van der Waals surface area contributed by atoms with Gasteiger partial charge in [0.2, 0.25) is 0 Å². The van der Waals surface area contributed by atoms with Crippen molar-refractivity contribution in [1.82, 2.24) is 10.2 Å². The molecular formula is C16H25N3O2S. The van der Waals surface area contributed by atoms with Crippen LogP contribution in [0.2, 0.25) is 0 Å². The maximum absolute atomic E-state index is 11.9. The molecule has 1 aromatic carbocycles. The van der Waals surface area contributed by atoms with Gasteiger partial charge in [0.1, 0.15) is 5.60 Å². The van der Waals surface area contributed by atoms with Crippen molar-refractivity contribution in [2.24, 2.45) is 0 Å². The second-order valence-corrected chi connectivity index (χ2v) is 7.06. The first-order valence-corrected chi connectivity index (χ1v) is 8.02. The predicted molar refractivity (Wildman–Crippen MR) is 91.7 cm³/mol. The van der Waals surface area contributed by atoms with Crippen molar-refractivity contribution in [3.8, 4) is 0 Å². The van der Waals surface area contributed by atoms with Gasteiger partial charge in [-0.3, -0.25) is 10.2 Å². The number of piperazine rings is 1. The van der Waals surface area contributed by atoms with Crippen molar-refractivity contribution in [1.29, 1.82) is 0 Å². The molecule has 1 fully saturated rings. The van der Waals surface area contributed by atoms with Gasteiger partial charge in [-0.1, -0.05) is 0 Å². The number of hydrogen-bond acceptors (Lipinski definition) is 5. The molecule has 5 nitrogen and oxygen atoms in total. The molecular weight excluding hydrogens is 298 g/mol. The molecule has 0 bridgehead atoms. The molecule has 22 heavy (non-hydrogen) atoms. The quantitative estimate of drug-likeness (QED) is 0.749. The SMILES string of the molecule is CC(C)(C)OC(=O)Nc1cc(S)cc(CN2CCNCC2)c1. The standard InChI is InChI=1S/C16H25N3O2S/c1-16(2,3)21-15(20)18-13-8-12(9-14(22)10-13)11-19-6-4-17-5-7-19/h8-10,17,22H,4-7,11H2,1-3H3,(H,18,20). The second-order valence-electron chi connectivity index (χ2n) is 6.54. The zero-order valence-corrected chi connectivity index (χ0v) is 14.4. The highest BCUT2D eigenvalue weighted by atomic mass is 32.1. The Morgan fingerprint density at radius 1 is 1.32 bits per heavy atom. The molecule has 0 atom stereocenters. The lowest BCUT2D eigenvalue weighted by Crippen LogP contribution is -2.42. The van der Waals surface area contributed by atoms with Crippen molar-refractivity contribution in [2.45, 2.75) is 37.8 Å². The highest BCUT2D eigenvalue weighted by Crippen LogP contribution is 2.20. The Labute approximate surface area is 137 Å². The van der Waals surface area contributed by atoms with Crippen LogP contribution in [-0.4, -0.2) is 42.8 Å². The maximum Gasteiger partial charge on any atom is 0.412 e. The number of amides is 1. The lowest BCUT2D eigenvalue weighted by Gasteiger charge is -2.27. The normalized spacial score (nSPS) is 16.4. The third-order valence-corrected chi connectivity index (χ3v) is 3.50. The predicted octanol–water partition coefficient (Wildman–Crippen LogP) is 2.73. The van der Waals surface area contributed by atoms with Crippen molar-refractivity contribution in [3.05, 3.63) is 23.8 Å². The molecule has 0 saturated carbocycles. The van der Waals surface area contributed by atoms with E-state index in [9.17, 15) is 4.79 Å². The molecule has 1 aliphatic heterocycles. The van der Waals surface area contributed by atoms with Crippen LogP contribution in [0.1, 0.15) is 26.3 Å². The van der Waals surface area contributed by atoms with E-state index in [0.29, 0.717) is 5.69 Å². The van der Waals surface area contributed by atoms with Crippen LogP contribution in [-0.2, 0) is 11.3 Å². The van der Waals surface area contributed by atoms with E-state index in [1.165, 1.54) is 0 Å². The highest BCUT2D eigenvalue weighted by Gasteiger charge is 2.17. The highest BCUT2D eigenvalue weighted by molar-refractivity contribution is 7.80. The summed E-state index contributed by atoms with van der Waals surface area (Å²) in [5.41, 5.74) is 1.35. The van der Waals surface area contributed by atoms with E-state index in [1.54, 1.807) is 0 Å². The number of hydrogen-bond donors (Lipinski definition) is 3. The summed E-state index contributed by atoms with van der Waals surface area (Å²) >= 11 is 4.43. The molecule has 0 aliphatic carbocycles. The van der Waals surface area contributed by atoms with Gasteiger partial charge in [0, 0.05) is 43.3 Å². The molecule has 0 radical (unpaired) electrons. The van der Waals surface area contributed by atoms with E-state index < -0.39 is 11.7 Å². The fraction of sp³-hybridized carbons (Fsp3) is 0.562. The third kappa shape index (κ3) is 5.87. The summed E-state index contributed by atoms with van der Waals surface area (Å²) < 4.78 is 5.28. The van der Waals surface area contributed by atoms with Gasteiger partial charge in [0.25, 0.3) is 0 Å². The summed E-state index contributed by atoms with van der Waals surface area (Å²) in [5, 5.41) is 6.12. The van der Waals surface area contributed by atoms with E-state index in [4.69, 9.17) is 4.74 Å². The third-order valence-electron chi connectivity index (χ3n) is 3.24. The van der Waals surface area contributed by atoms with Crippen LogP contribution in [0.15, 0.2) is 23.1 Å². The fourth-order valence-electron chi connectivity index (χ4n) is 2.39. The summed E-state index contributed by atoms with van der Waals surface area (Å²) in [5.74, 6) is 0. The molecule has 0 unspecified atom stereocenters. The molecule has 1 aromatic rings. The van der Waals surface area contributed by atoms with Crippen LogP contribution in [0, 0.1) is 0 Å². The molecule has 1 amide bonds. The number of benzene rings is 1. The van der Waals surface area contributed by atoms with Crippen LogP contribution in [0.5, 0.6) is 0 Å². The number of ether oxygens (including phenoxy) is 1. The summed E-state index contributed by atoms with van der Waals surface area (Å²) in [6, 6.07) is 5.84. The molecule has 2 N–H and O–H groups in total. The monoisotopic (exact) mass is 323 g/mol. The van der Waals surface area contributed by atoms with Crippen molar-refractivity contribution in [3.63, 3.8) is 0 Å². The van der Waals surface area contributed by atoms with E-state index >= 15 is 0 Å². The van der Waals surface area contributed by atoms with Gasteiger partial charge >= 0.3 is 6.09 Å². The van der Waals surface area contributed by atoms with Gasteiger partial charge in [0.05, 0.1) is 0 Å². The number of carbonyl (C=O) groups excluding carboxylic acids is 1. The molecule has 6 heteroatoms. The lowest BCUT2D eigenvalue weighted by molar-refractivity contribution is 0.0636. The number of carbonyl (C=O) groups is 1. The van der Waals surface area contributed by atoms with Crippen LogP contribution in [0.25, 0.3) is 0 Å². The zero-order valence-electron chi connectivity index (χ0n) is 13.5. The van der Waals surface area contributed by atoms with Crippen LogP contribution in [0.4, 0.5) is 10.5 Å². The molecule has 122 valence electrons. The largest absolute Gasteiger partial charge is 0.444 e. The minimum atomic E-state index is -0.508. The Morgan fingerprint density at radius 2 is 2.00 bits per heavy atom. The summed E-state index contributed by atoms with van der Waals surface area (Å²) in [4.78, 5) is 15.1. The Hall–Kier alpha value is -1.24. The summed E-state index contributed by atoms with van der Waals surface area (Å²) in [7, 11) is 0. The number of anilines is 1. The summed E-state index contributed by atoms with van der Waals surface area (Å²) in [6.07, 6.45) is -0.445. The van der Waals surface area contributed by atoms with Gasteiger partial charge in [-0.2, -0.15) is 0 Å². The van der Waals surface area contributed by atoms with E-state index in [2.05, 4.69) is 28.2 Å². The van der Waals surface area contributed by atoms with Gasteiger partial charge < -0.3 is 10.1 Å². The Bertz CT molecular complexity index is 523. The molecule has 1 saturated heterocycles. The van der Waals surface area contributed by atoms with Crippen LogP contribution < -0.4 is 10.6 Å². The molecule has 1 aliphatic rings. The van der Waals surface area contributed by atoms with Crippen molar-refractivity contribution in [2.75, 3.05) is 31.5 Å². The fourth-order valence-corrected chi connectivity index (χ4v) is 2.69. The van der Waals surface area contributed by atoms with Crippen molar-refractivity contribution >= 4 is 24.4 Å². The lowest BCUT2D eigenvalue weighted by atomic mass is 10.1. The average molecular weight is 323 g/mol. The molecule has 0 spiro atoms. The van der Waals surface area contributed by atoms with E-state index in [0.717, 1.165) is 43.2 Å². The Balaban J connectivity index is 2.01. The first kappa shape index (κ1) is 17.1. The molecule has 1 heterocycles. The topological polar surface area (TPSA) is 53.6 Å². The Kier molecular flexibility index (Phi) is 5.72. The van der Waals surface area contributed by atoms with Crippen molar-refractivity contribution < 1.29 is 9.53 Å². The van der Waals surface area contributed by atoms with Crippen LogP contribution >= 0.6 is 12.6 Å². The minimum Gasteiger partial charge on any atom is -0.444 e. The smallest absolute Gasteiger partial charge is 0.412 e. The Morgan fingerprint density at radius 3 is 2.64 bits per heavy atom. The first-order chi connectivity index (χ1) is 10.3. The van der Waals surface area contributed by atoms with Gasteiger partial charge in [-0.05, 0) is 44.5 Å². The number of thiol groups is 1. The summed E-state index contributed by atoms with van der Waals surface area (Å²) in [6.45, 7) is 10.5. The zero-order chi connectivity index (χ0) is 16.2.